The van der Waals surface area contributed by atoms with E-state index in [4.69, 9.17) is 0 Å². The monoisotopic (exact) mass is 409 g/mol. The highest BCUT2D eigenvalue weighted by atomic mass is 79.9. The molecule has 2 rings (SSSR count). The average Bonchev–Trinajstić information content (AvgIpc) is 2.99. The second-order valence-corrected chi connectivity index (χ2v) is 7.22. The van der Waals surface area contributed by atoms with E-state index in [-0.39, 0.29) is 5.91 Å². The van der Waals surface area contributed by atoms with Gasteiger partial charge in [0.05, 0.1) is 6.54 Å². The number of carbonyl (C=O) groups excluding carboxylic acids is 1. The Morgan fingerprint density at radius 3 is 2.75 bits per heavy atom. The van der Waals surface area contributed by atoms with Crippen LogP contribution in [0.2, 0.25) is 0 Å². The summed E-state index contributed by atoms with van der Waals surface area (Å²) in [5.74, 6) is 0.582. The van der Waals surface area contributed by atoms with Crippen molar-refractivity contribution in [2.45, 2.75) is 13.5 Å². The van der Waals surface area contributed by atoms with E-state index in [1.165, 1.54) is 4.88 Å². The Morgan fingerprint density at radius 1 is 1.29 bits per heavy atom. The first-order chi connectivity index (χ1) is 11.6. The smallest absolute Gasteiger partial charge is 0.251 e. The second-order valence-electron chi connectivity index (χ2n) is 4.98. The standard InChI is InChI=1S/C16H20BrN5OS/c1-11-9-21-14(24-11)10-22-16(18-2)20-7-6-19-15(23)12-4-3-5-13(17)8-12/h3-5,8-9H,6-7,10H2,1-2H3,(H,19,23)(H2,18,20,22). The van der Waals surface area contributed by atoms with Gasteiger partial charge in [-0.2, -0.15) is 0 Å². The molecule has 128 valence electrons. The lowest BCUT2D eigenvalue weighted by molar-refractivity contribution is 0.0954. The fraction of sp³-hybridized carbons (Fsp3) is 0.312. The van der Waals surface area contributed by atoms with Crippen LogP contribution in [0.25, 0.3) is 0 Å². The molecule has 3 N–H and O–H groups in total. The average molecular weight is 410 g/mol. The number of halogens is 1. The Labute approximate surface area is 153 Å². The van der Waals surface area contributed by atoms with Crippen LogP contribution in [0.4, 0.5) is 0 Å². The molecule has 0 radical (unpaired) electrons. The zero-order valence-electron chi connectivity index (χ0n) is 13.6. The Kier molecular flexibility index (Phi) is 7.20. The maximum Gasteiger partial charge on any atom is 0.251 e. The number of aliphatic imine (C=N–C) groups is 1. The molecular formula is C16H20BrN5OS. The minimum absolute atomic E-state index is 0.0979. The van der Waals surface area contributed by atoms with Crippen molar-refractivity contribution in [2.24, 2.45) is 4.99 Å². The van der Waals surface area contributed by atoms with Gasteiger partial charge in [-0.05, 0) is 25.1 Å². The van der Waals surface area contributed by atoms with E-state index in [1.807, 2.05) is 25.3 Å². The minimum Gasteiger partial charge on any atom is -0.355 e. The normalized spacial score (nSPS) is 11.2. The van der Waals surface area contributed by atoms with Crippen molar-refractivity contribution < 1.29 is 4.79 Å². The summed E-state index contributed by atoms with van der Waals surface area (Å²) >= 11 is 5.01. The zero-order valence-corrected chi connectivity index (χ0v) is 16.0. The van der Waals surface area contributed by atoms with Gasteiger partial charge in [0, 0.05) is 41.2 Å². The molecule has 0 saturated heterocycles. The number of thiazole rings is 1. The Bertz CT molecular complexity index is 716. The van der Waals surface area contributed by atoms with Gasteiger partial charge in [-0.3, -0.25) is 9.79 Å². The van der Waals surface area contributed by atoms with E-state index in [9.17, 15) is 4.79 Å². The van der Waals surface area contributed by atoms with Crippen molar-refractivity contribution in [3.05, 3.63) is 50.4 Å². The summed E-state index contributed by atoms with van der Waals surface area (Å²) in [5, 5.41) is 10.2. The maximum absolute atomic E-state index is 12.0. The number of nitrogens with one attached hydrogen (secondary N) is 3. The molecule has 0 fully saturated rings. The fourth-order valence-corrected chi connectivity index (χ4v) is 3.08. The number of nitrogens with zero attached hydrogens (tertiary/aromatic N) is 2. The van der Waals surface area contributed by atoms with Crippen LogP contribution in [0, 0.1) is 6.92 Å². The first kappa shape index (κ1) is 18.4. The van der Waals surface area contributed by atoms with Crippen molar-refractivity contribution in [3.8, 4) is 0 Å². The quantitative estimate of drug-likeness (QED) is 0.388. The molecule has 1 aromatic carbocycles. The first-order valence-corrected chi connectivity index (χ1v) is 9.09. The van der Waals surface area contributed by atoms with Gasteiger partial charge in [0.15, 0.2) is 5.96 Å². The summed E-state index contributed by atoms with van der Waals surface area (Å²) in [6, 6.07) is 7.30. The molecule has 2 aromatic rings. The topological polar surface area (TPSA) is 78.4 Å². The fourth-order valence-electron chi connectivity index (χ4n) is 1.95. The van der Waals surface area contributed by atoms with E-state index < -0.39 is 0 Å². The number of rotatable bonds is 6. The molecule has 0 aliphatic heterocycles. The maximum atomic E-state index is 12.0. The number of hydrogen-bond acceptors (Lipinski definition) is 4. The van der Waals surface area contributed by atoms with Gasteiger partial charge < -0.3 is 16.0 Å². The molecular weight excluding hydrogens is 390 g/mol. The van der Waals surface area contributed by atoms with Crippen LogP contribution in [0.1, 0.15) is 20.2 Å². The lowest BCUT2D eigenvalue weighted by atomic mass is 10.2. The van der Waals surface area contributed by atoms with Crippen LogP contribution >= 0.6 is 27.3 Å². The van der Waals surface area contributed by atoms with E-state index in [1.54, 1.807) is 30.5 Å². The third kappa shape index (κ3) is 5.93. The molecule has 0 atom stereocenters. The van der Waals surface area contributed by atoms with Crippen molar-refractivity contribution in [3.63, 3.8) is 0 Å². The molecule has 0 spiro atoms. The number of aryl methyl sites for hydroxylation is 1. The highest BCUT2D eigenvalue weighted by Crippen LogP contribution is 2.11. The SMILES string of the molecule is CN=C(NCCNC(=O)c1cccc(Br)c1)NCc1ncc(C)s1. The molecule has 0 bridgehead atoms. The van der Waals surface area contributed by atoms with Crippen molar-refractivity contribution >= 4 is 39.1 Å². The summed E-state index contributed by atoms with van der Waals surface area (Å²) in [6.07, 6.45) is 1.86. The molecule has 0 aliphatic carbocycles. The van der Waals surface area contributed by atoms with Crippen molar-refractivity contribution in [1.82, 2.24) is 20.9 Å². The van der Waals surface area contributed by atoms with Gasteiger partial charge in [-0.25, -0.2) is 4.98 Å². The molecule has 1 amide bonds. The van der Waals surface area contributed by atoms with Gasteiger partial charge in [-0.15, -0.1) is 11.3 Å². The number of carbonyl (C=O) groups is 1. The molecule has 0 aliphatic rings. The lowest BCUT2D eigenvalue weighted by Crippen LogP contribution is -2.41. The van der Waals surface area contributed by atoms with Gasteiger partial charge >= 0.3 is 0 Å². The Balaban J connectivity index is 1.69. The molecule has 6 nitrogen and oxygen atoms in total. The second kappa shape index (κ2) is 9.39. The Morgan fingerprint density at radius 2 is 2.08 bits per heavy atom. The van der Waals surface area contributed by atoms with E-state index in [0.717, 1.165) is 9.48 Å². The summed E-state index contributed by atoms with van der Waals surface area (Å²) in [6.45, 7) is 3.74. The van der Waals surface area contributed by atoms with Crippen LogP contribution in [-0.2, 0) is 6.54 Å². The van der Waals surface area contributed by atoms with E-state index >= 15 is 0 Å². The van der Waals surface area contributed by atoms with Crippen LogP contribution in [0.3, 0.4) is 0 Å². The summed E-state index contributed by atoms with van der Waals surface area (Å²) in [5.41, 5.74) is 0.631. The molecule has 0 unspecified atom stereocenters. The summed E-state index contributed by atoms with van der Waals surface area (Å²) in [4.78, 5) is 21.6. The lowest BCUT2D eigenvalue weighted by Gasteiger charge is -2.11. The van der Waals surface area contributed by atoms with Crippen molar-refractivity contribution in [1.29, 1.82) is 0 Å². The van der Waals surface area contributed by atoms with Crippen LogP contribution in [-0.4, -0.2) is 37.0 Å². The number of aromatic nitrogens is 1. The van der Waals surface area contributed by atoms with Gasteiger partial charge in [-0.1, -0.05) is 22.0 Å². The molecule has 0 saturated carbocycles. The first-order valence-electron chi connectivity index (χ1n) is 7.48. The predicted octanol–water partition coefficient (Wildman–Crippen LogP) is 2.31. The molecule has 8 heteroatoms. The van der Waals surface area contributed by atoms with Crippen LogP contribution in [0.15, 0.2) is 39.9 Å². The highest BCUT2D eigenvalue weighted by molar-refractivity contribution is 9.10. The third-order valence-corrected chi connectivity index (χ3v) is 4.50. The summed E-state index contributed by atoms with van der Waals surface area (Å²) in [7, 11) is 1.71. The van der Waals surface area contributed by atoms with Gasteiger partial charge in [0.25, 0.3) is 5.91 Å². The number of hydrogen-bond donors (Lipinski definition) is 3. The predicted molar refractivity (Wildman–Crippen MR) is 102 cm³/mol. The van der Waals surface area contributed by atoms with Crippen LogP contribution in [0.5, 0.6) is 0 Å². The highest BCUT2D eigenvalue weighted by Gasteiger charge is 2.05. The van der Waals surface area contributed by atoms with E-state index in [0.29, 0.717) is 31.2 Å². The minimum atomic E-state index is -0.0979. The number of benzene rings is 1. The third-order valence-electron chi connectivity index (χ3n) is 3.09. The largest absolute Gasteiger partial charge is 0.355 e. The number of amides is 1. The molecule has 1 aromatic heterocycles. The summed E-state index contributed by atoms with van der Waals surface area (Å²) < 4.78 is 0.885. The van der Waals surface area contributed by atoms with Crippen molar-refractivity contribution in [2.75, 3.05) is 20.1 Å². The van der Waals surface area contributed by atoms with Gasteiger partial charge in [0.2, 0.25) is 0 Å². The van der Waals surface area contributed by atoms with Crippen LogP contribution < -0.4 is 16.0 Å². The van der Waals surface area contributed by atoms with E-state index in [2.05, 4.69) is 41.9 Å². The number of guanidine groups is 1. The van der Waals surface area contributed by atoms with Gasteiger partial charge in [0.1, 0.15) is 5.01 Å². The molecule has 24 heavy (non-hydrogen) atoms. The molecule has 1 heterocycles. The zero-order chi connectivity index (χ0) is 17.4. The Hall–Kier alpha value is -1.93.